The molecule has 1 fully saturated rings. The zero-order valence-electron chi connectivity index (χ0n) is 9.14. The van der Waals surface area contributed by atoms with E-state index in [4.69, 9.17) is 5.26 Å². The molecule has 1 saturated carbocycles. The molecular formula is C13H13NO2. The zero-order chi connectivity index (χ0) is 11.5. The molecule has 2 atom stereocenters. The van der Waals surface area contributed by atoms with Crippen molar-refractivity contribution in [2.24, 2.45) is 5.92 Å². The third-order valence-corrected chi connectivity index (χ3v) is 3.05. The van der Waals surface area contributed by atoms with Crippen LogP contribution in [0, 0.1) is 17.2 Å². The Balaban J connectivity index is 1.96. The maximum Gasteiger partial charge on any atom is 0.305 e. The van der Waals surface area contributed by atoms with Gasteiger partial charge in [-0.25, -0.2) is 0 Å². The highest BCUT2D eigenvalue weighted by Gasteiger charge is 2.39. The van der Waals surface area contributed by atoms with E-state index >= 15 is 0 Å². The summed E-state index contributed by atoms with van der Waals surface area (Å²) in [5.74, 6) is 0.744. The van der Waals surface area contributed by atoms with Crippen LogP contribution in [0.25, 0.3) is 0 Å². The largest absolute Gasteiger partial charge is 0.469 e. The third kappa shape index (κ3) is 2.22. The first-order chi connectivity index (χ1) is 7.74. The van der Waals surface area contributed by atoms with Crippen LogP contribution in [0.2, 0.25) is 0 Å². The van der Waals surface area contributed by atoms with Crippen LogP contribution in [0.1, 0.15) is 29.9 Å². The highest BCUT2D eigenvalue weighted by Crippen LogP contribution is 2.49. The van der Waals surface area contributed by atoms with E-state index in [-0.39, 0.29) is 5.97 Å². The second-order valence-corrected chi connectivity index (χ2v) is 4.12. The molecule has 1 aliphatic rings. The quantitative estimate of drug-likeness (QED) is 0.726. The summed E-state index contributed by atoms with van der Waals surface area (Å²) < 4.78 is 4.64. The number of carbonyl (C=O) groups is 1. The fraction of sp³-hybridized carbons (Fsp3) is 0.385. The van der Waals surface area contributed by atoms with Gasteiger partial charge in [0.1, 0.15) is 0 Å². The standard InChI is InChI=1S/C13H13NO2/c1-16-13(15)7-11-6-12(11)10-4-2-9(8-14)3-5-10/h2-5,11-12H,6-7H2,1H3. The third-order valence-electron chi connectivity index (χ3n) is 3.05. The van der Waals surface area contributed by atoms with Crippen molar-refractivity contribution in [3.63, 3.8) is 0 Å². The Kier molecular flexibility index (Phi) is 2.91. The van der Waals surface area contributed by atoms with Gasteiger partial charge < -0.3 is 4.74 Å². The zero-order valence-corrected chi connectivity index (χ0v) is 9.14. The molecule has 82 valence electrons. The molecule has 2 unspecified atom stereocenters. The number of methoxy groups -OCH3 is 1. The van der Waals surface area contributed by atoms with Crippen LogP contribution in [0.15, 0.2) is 24.3 Å². The van der Waals surface area contributed by atoms with Gasteiger partial charge in [-0.1, -0.05) is 12.1 Å². The Bertz CT molecular complexity index is 430. The average Bonchev–Trinajstić information content (AvgIpc) is 3.08. The van der Waals surface area contributed by atoms with Crippen molar-refractivity contribution in [3.05, 3.63) is 35.4 Å². The molecular weight excluding hydrogens is 202 g/mol. The lowest BCUT2D eigenvalue weighted by atomic mass is 10.1. The maximum atomic E-state index is 11.1. The number of nitriles is 1. The van der Waals surface area contributed by atoms with Crippen molar-refractivity contribution < 1.29 is 9.53 Å². The number of rotatable bonds is 3. The highest BCUT2D eigenvalue weighted by atomic mass is 16.5. The van der Waals surface area contributed by atoms with E-state index in [0.29, 0.717) is 23.8 Å². The molecule has 0 spiro atoms. The Labute approximate surface area is 94.6 Å². The lowest BCUT2D eigenvalue weighted by molar-refractivity contribution is -0.141. The molecule has 1 aromatic rings. The van der Waals surface area contributed by atoms with Crippen LogP contribution < -0.4 is 0 Å². The van der Waals surface area contributed by atoms with Crippen molar-refractivity contribution in [2.75, 3.05) is 7.11 Å². The molecule has 0 amide bonds. The summed E-state index contributed by atoms with van der Waals surface area (Å²) in [4.78, 5) is 11.1. The van der Waals surface area contributed by atoms with Crippen LogP contribution in [0.3, 0.4) is 0 Å². The molecule has 1 aliphatic carbocycles. The van der Waals surface area contributed by atoms with Gasteiger partial charge in [-0.3, -0.25) is 4.79 Å². The summed E-state index contributed by atoms with van der Waals surface area (Å²) in [6.07, 6.45) is 1.54. The summed E-state index contributed by atoms with van der Waals surface area (Å²) >= 11 is 0. The summed E-state index contributed by atoms with van der Waals surface area (Å²) in [7, 11) is 1.42. The number of ether oxygens (including phenoxy) is 1. The molecule has 0 bridgehead atoms. The summed E-state index contributed by atoms with van der Waals surface area (Å²) in [5.41, 5.74) is 1.89. The van der Waals surface area contributed by atoms with Crippen LogP contribution in [0.5, 0.6) is 0 Å². The molecule has 1 aromatic carbocycles. The maximum absolute atomic E-state index is 11.1. The molecule has 3 heteroatoms. The molecule has 2 rings (SSSR count). The smallest absolute Gasteiger partial charge is 0.305 e. The monoisotopic (exact) mass is 215 g/mol. The number of hydrogen-bond donors (Lipinski definition) is 0. The topological polar surface area (TPSA) is 50.1 Å². The first kappa shape index (κ1) is 10.7. The highest BCUT2D eigenvalue weighted by molar-refractivity contribution is 5.70. The minimum atomic E-state index is -0.138. The first-order valence-corrected chi connectivity index (χ1v) is 5.31. The SMILES string of the molecule is COC(=O)CC1CC1c1ccc(C#N)cc1. The lowest BCUT2D eigenvalue weighted by Crippen LogP contribution is -2.01. The van der Waals surface area contributed by atoms with Gasteiger partial charge in [0.05, 0.1) is 18.7 Å². The second-order valence-electron chi connectivity index (χ2n) is 4.12. The first-order valence-electron chi connectivity index (χ1n) is 5.31. The molecule has 0 radical (unpaired) electrons. The number of esters is 1. The van der Waals surface area contributed by atoms with Crippen molar-refractivity contribution in [2.45, 2.75) is 18.8 Å². The molecule has 3 nitrogen and oxygen atoms in total. The molecule has 16 heavy (non-hydrogen) atoms. The van der Waals surface area contributed by atoms with E-state index in [2.05, 4.69) is 10.8 Å². The molecule has 0 aliphatic heterocycles. The number of benzene rings is 1. The van der Waals surface area contributed by atoms with E-state index in [9.17, 15) is 4.79 Å². The Morgan fingerprint density at radius 1 is 1.50 bits per heavy atom. The summed E-state index contributed by atoms with van der Waals surface area (Å²) in [6, 6.07) is 9.68. The summed E-state index contributed by atoms with van der Waals surface area (Å²) in [6.45, 7) is 0. The van der Waals surface area contributed by atoms with Crippen LogP contribution in [-0.4, -0.2) is 13.1 Å². The van der Waals surface area contributed by atoms with E-state index in [1.165, 1.54) is 12.7 Å². The normalized spacial score (nSPS) is 22.2. The summed E-state index contributed by atoms with van der Waals surface area (Å²) in [5, 5.41) is 8.67. The van der Waals surface area contributed by atoms with Crippen molar-refractivity contribution in [1.82, 2.24) is 0 Å². The average molecular weight is 215 g/mol. The van der Waals surface area contributed by atoms with Crippen molar-refractivity contribution >= 4 is 5.97 Å². The van der Waals surface area contributed by atoms with Crippen LogP contribution >= 0.6 is 0 Å². The van der Waals surface area contributed by atoms with Crippen molar-refractivity contribution in [3.8, 4) is 6.07 Å². The van der Waals surface area contributed by atoms with E-state index in [1.54, 1.807) is 0 Å². The van der Waals surface area contributed by atoms with Gasteiger partial charge in [0.15, 0.2) is 0 Å². The lowest BCUT2D eigenvalue weighted by Gasteiger charge is -2.00. The van der Waals surface area contributed by atoms with Gasteiger partial charge in [-0.2, -0.15) is 5.26 Å². The Morgan fingerprint density at radius 3 is 2.75 bits per heavy atom. The van der Waals surface area contributed by atoms with Gasteiger partial charge >= 0.3 is 5.97 Å². The van der Waals surface area contributed by atoms with Crippen molar-refractivity contribution in [1.29, 1.82) is 5.26 Å². The van der Waals surface area contributed by atoms with Crippen LogP contribution in [-0.2, 0) is 9.53 Å². The fourth-order valence-corrected chi connectivity index (χ4v) is 1.98. The van der Waals surface area contributed by atoms with E-state index in [1.807, 2.05) is 24.3 Å². The number of carbonyl (C=O) groups excluding carboxylic acids is 1. The predicted octanol–water partition coefficient (Wildman–Crippen LogP) is 2.22. The Hall–Kier alpha value is -1.82. The molecule has 0 N–H and O–H groups in total. The van der Waals surface area contributed by atoms with Gasteiger partial charge in [-0.15, -0.1) is 0 Å². The molecule has 0 saturated heterocycles. The van der Waals surface area contributed by atoms with Gasteiger partial charge in [0.2, 0.25) is 0 Å². The van der Waals surface area contributed by atoms with E-state index in [0.717, 1.165) is 6.42 Å². The second kappa shape index (κ2) is 4.36. The Morgan fingerprint density at radius 2 is 2.19 bits per heavy atom. The minimum Gasteiger partial charge on any atom is -0.469 e. The minimum absolute atomic E-state index is 0.138. The molecule has 0 heterocycles. The van der Waals surface area contributed by atoms with Gasteiger partial charge in [0, 0.05) is 6.42 Å². The van der Waals surface area contributed by atoms with E-state index < -0.39 is 0 Å². The molecule has 0 aromatic heterocycles. The van der Waals surface area contributed by atoms with Gasteiger partial charge in [0.25, 0.3) is 0 Å². The fourth-order valence-electron chi connectivity index (χ4n) is 1.98. The van der Waals surface area contributed by atoms with Crippen LogP contribution in [0.4, 0.5) is 0 Å². The number of hydrogen-bond acceptors (Lipinski definition) is 3. The number of nitrogens with zero attached hydrogens (tertiary/aromatic N) is 1. The van der Waals surface area contributed by atoms with Gasteiger partial charge in [-0.05, 0) is 36.0 Å². The predicted molar refractivity (Wildman–Crippen MR) is 58.6 cm³/mol.